The second kappa shape index (κ2) is 19.7. The topological polar surface area (TPSA) is 253 Å². The molecule has 2 aromatic carbocycles. The maximum absolute atomic E-state index is 15.0. The van der Waals surface area contributed by atoms with Gasteiger partial charge in [0.1, 0.15) is 48.2 Å². The van der Waals surface area contributed by atoms with Crippen LogP contribution in [0.15, 0.2) is 42.5 Å². The van der Waals surface area contributed by atoms with E-state index in [1.807, 2.05) is 19.9 Å². The Balaban J connectivity index is 1.39. The summed E-state index contributed by atoms with van der Waals surface area (Å²) in [4.78, 5) is 122. The lowest BCUT2D eigenvalue weighted by molar-refractivity contribution is -0.163. The molecular weight excluding hydrogens is 868 g/mol. The van der Waals surface area contributed by atoms with Gasteiger partial charge in [-0.15, -0.1) is 0 Å². The zero-order valence-electron chi connectivity index (χ0n) is 35.1. The maximum Gasteiger partial charge on any atom is 0.469 e. The number of halogens is 2. The number of aryl methyl sites for hydroxylation is 1. The Kier molecular flexibility index (Phi) is 14.8. The van der Waals surface area contributed by atoms with Gasteiger partial charge in [0.15, 0.2) is 0 Å². The number of anilines is 1. The minimum atomic E-state index is -5.18. The van der Waals surface area contributed by atoms with E-state index in [1.54, 1.807) is 18.2 Å². The number of ether oxygens (including phenoxy) is 1. The van der Waals surface area contributed by atoms with Gasteiger partial charge >= 0.3 is 19.8 Å². The van der Waals surface area contributed by atoms with Crippen molar-refractivity contribution in [1.82, 2.24) is 30.7 Å². The first-order valence-electron chi connectivity index (χ1n) is 20.7. The lowest BCUT2D eigenvalue weighted by Crippen LogP contribution is -2.63. The highest BCUT2D eigenvalue weighted by atomic mass is 35.5. The van der Waals surface area contributed by atoms with Crippen LogP contribution in [0.5, 0.6) is 0 Å². The molecule has 4 aliphatic heterocycles. The minimum Gasteiger partial charge on any atom is -0.458 e. The summed E-state index contributed by atoms with van der Waals surface area (Å²) in [7, 11) is -5.18. The molecule has 0 bridgehead atoms. The average Bonchev–Trinajstić information content (AvgIpc) is 3.82. The second-order valence-electron chi connectivity index (χ2n) is 16.7. The highest BCUT2D eigenvalue weighted by Crippen LogP contribution is 2.41. The quantitative estimate of drug-likeness (QED) is 0.165. The standard InChI is InChI=1S/C41H52ClFN7O12P/c1-21-8-7-9-25(14-21)16-30(46-41(57)45-29-12-11-26(42)17-28(29)43)35(51)47-34-24(4)61-40(56)33-15-22(2)19-49(33)37(53)23(3)44-36(52)31-10-5-6-13-48(31)38(54)32-18-27(62-63(58,59)60)20-50(32)39(34)55/h7-9,11-12,14,17,22-24,27,30-34H,5-6,10,13,15-16,18-20H2,1-4H3,(H,44,52)(H,47,51)(H2,45,46,57)(H2,58,59,60)/t22-,23+,24+,27?,30+,31+,32+,33+,34+/m1/s1. The number of benzene rings is 2. The normalized spacial score (nSPS) is 27.7. The Morgan fingerprint density at radius 1 is 0.952 bits per heavy atom. The van der Waals surface area contributed by atoms with Crippen LogP contribution in [0, 0.1) is 18.7 Å². The Labute approximate surface area is 367 Å². The van der Waals surface area contributed by atoms with E-state index in [0.717, 1.165) is 16.5 Å². The number of esters is 1. The van der Waals surface area contributed by atoms with E-state index in [-0.39, 0.29) is 49.0 Å². The molecule has 7 amide bonds. The van der Waals surface area contributed by atoms with Crippen molar-refractivity contribution in [3.8, 4) is 0 Å². The molecule has 0 saturated carbocycles. The van der Waals surface area contributed by atoms with Crippen molar-refractivity contribution in [3.63, 3.8) is 0 Å². The first-order valence-corrected chi connectivity index (χ1v) is 22.6. The number of carbonyl (C=O) groups is 7. The van der Waals surface area contributed by atoms with Crippen molar-refractivity contribution in [2.75, 3.05) is 25.0 Å². The summed E-state index contributed by atoms with van der Waals surface area (Å²) >= 11 is 5.87. The molecule has 0 aromatic heterocycles. The molecule has 2 aromatic rings. The van der Waals surface area contributed by atoms with Gasteiger partial charge in [-0.05, 0) is 76.1 Å². The van der Waals surface area contributed by atoms with E-state index in [1.165, 1.54) is 35.8 Å². The Morgan fingerprint density at radius 3 is 2.38 bits per heavy atom. The molecule has 342 valence electrons. The molecule has 9 atom stereocenters. The molecular formula is C41H52ClFN7O12P. The number of urea groups is 1. The number of piperidine rings is 1. The van der Waals surface area contributed by atoms with Gasteiger partial charge in [-0.1, -0.05) is 48.4 Å². The van der Waals surface area contributed by atoms with Crippen molar-refractivity contribution in [2.24, 2.45) is 5.92 Å². The van der Waals surface area contributed by atoms with Crippen LogP contribution in [0.1, 0.15) is 64.0 Å². The highest BCUT2D eigenvalue weighted by Gasteiger charge is 2.50. The fourth-order valence-electron chi connectivity index (χ4n) is 8.67. The maximum atomic E-state index is 15.0. The van der Waals surface area contributed by atoms with Crippen LogP contribution >= 0.6 is 19.4 Å². The molecule has 0 spiro atoms. The Bertz CT molecular complexity index is 2180. The molecule has 4 aliphatic rings. The lowest BCUT2D eigenvalue weighted by atomic mass is 9.98. The first kappa shape index (κ1) is 47.3. The summed E-state index contributed by atoms with van der Waals surface area (Å²) < 4.78 is 37.6. The van der Waals surface area contributed by atoms with Crippen LogP contribution in [-0.2, 0) is 49.0 Å². The van der Waals surface area contributed by atoms with Gasteiger partial charge in [0.2, 0.25) is 29.5 Å². The molecule has 63 heavy (non-hydrogen) atoms. The predicted octanol–water partition coefficient (Wildman–Crippen LogP) is 2.15. The van der Waals surface area contributed by atoms with Gasteiger partial charge in [-0.25, -0.2) is 18.5 Å². The van der Waals surface area contributed by atoms with Gasteiger partial charge in [0.05, 0.1) is 11.8 Å². The summed E-state index contributed by atoms with van der Waals surface area (Å²) in [6.07, 6.45) is -2.07. The Hall–Kier alpha value is -5.14. The van der Waals surface area contributed by atoms with Crippen LogP contribution in [0.25, 0.3) is 0 Å². The van der Waals surface area contributed by atoms with Crippen molar-refractivity contribution >= 4 is 66.6 Å². The number of hydrogen-bond acceptors (Lipinski definition) is 10. The van der Waals surface area contributed by atoms with E-state index >= 15 is 0 Å². The highest BCUT2D eigenvalue weighted by molar-refractivity contribution is 7.46. The zero-order valence-corrected chi connectivity index (χ0v) is 36.8. The van der Waals surface area contributed by atoms with Crippen LogP contribution in [0.3, 0.4) is 0 Å². The van der Waals surface area contributed by atoms with Crippen LogP contribution in [0.2, 0.25) is 5.02 Å². The molecule has 4 fully saturated rings. The molecule has 0 radical (unpaired) electrons. The molecule has 19 nitrogen and oxygen atoms in total. The van der Waals surface area contributed by atoms with E-state index in [0.29, 0.717) is 18.4 Å². The second-order valence-corrected chi connectivity index (χ2v) is 18.3. The largest absolute Gasteiger partial charge is 0.469 e. The Morgan fingerprint density at radius 2 is 1.68 bits per heavy atom. The SMILES string of the molecule is Cc1cccc(C[C@H](NC(=O)Nc2ccc(Cl)cc2F)C(=O)N[C@@H]2C(=O)N3CC(OP(=O)(O)O)C[C@H]3C(=O)N3CCCC[C@H]3C(=O)N[C@@H](C)C(=O)N3C[C@H](C)C[C@H]3C(=O)O[C@H]2C)c1. The molecule has 6 rings (SSSR count). The number of rotatable bonds is 8. The molecule has 6 N–H and O–H groups in total. The monoisotopic (exact) mass is 919 g/mol. The average molecular weight is 920 g/mol. The fraction of sp³-hybridized carbons (Fsp3) is 0.537. The van der Waals surface area contributed by atoms with Crippen molar-refractivity contribution < 1.29 is 61.6 Å². The van der Waals surface area contributed by atoms with Crippen molar-refractivity contribution in [1.29, 1.82) is 0 Å². The molecule has 1 unspecified atom stereocenters. The van der Waals surface area contributed by atoms with Gasteiger partial charge < -0.3 is 50.5 Å². The van der Waals surface area contributed by atoms with Crippen LogP contribution < -0.4 is 21.3 Å². The summed E-state index contributed by atoms with van der Waals surface area (Å²) in [6.45, 7) is 6.08. The van der Waals surface area contributed by atoms with Gasteiger partial charge in [-0.3, -0.25) is 28.5 Å². The number of nitrogens with one attached hydrogen (secondary N) is 4. The number of phosphoric acid groups is 1. The van der Waals surface area contributed by atoms with E-state index < -0.39 is 117 Å². The summed E-state index contributed by atoms with van der Waals surface area (Å²) in [5.74, 6) is -5.92. The zero-order chi connectivity index (χ0) is 45.9. The van der Waals surface area contributed by atoms with Crippen molar-refractivity contribution in [2.45, 2.75) is 115 Å². The number of phosphoric ester groups is 1. The van der Waals surface area contributed by atoms with E-state index in [9.17, 15) is 52.3 Å². The van der Waals surface area contributed by atoms with Crippen LogP contribution in [-0.4, -0.2) is 134 Å². The summed E-state index contributed by atoms with van der Waals surface area (Å²) in [5, 5.41) is 10.2. The number of amides is 7. The lowest BCUT2D eigenvalue weighted by Gasteiger charge is -2.39. The summed E-state index contributed by atoms with van der Waals surface area (Å²) in [6, 6.07) is 1.40. The van der Waals surface area contributed by atoms with Gasteiger partial charge in [-0.2, -0.15) is 0 Å². The summed E-state index contributed by atoms with van der Waals surface area (Å²) in [5.41, 5.74) is 1.14. The van der Waals surface area contributed by atoms with Crippen molar-refractivity contribution in [3.05, 3.63) is 64.4 Å². The number of cyclic esters (lactones) is 1. The predicted molar refractivity (Wildman–Crippen MR) is 223 cm³/mol. The molecule has 4 saturated heterocycles. The third-order valence-corrected chi connectivity index (χ3v) is 12.5. The molecule has 22 heteroatoms. The van der Waals surface area contributed by atoms with E-state index in [2.05, 4.69) is 21.3 Å². The number of hydrogen-bond donors (Lipinski definition) is 6. The van der Waals surface area contributed by atoms with Gasteiger partial charge in [0, 0.05) is 37.5 Å². The fourth-order valence-corrected chi connectivity index (χ4v) is 9.37. The number of nitrogens with zero attached hydrogens (tertiary/aromatic N) is 3. The first-order chi connectivity index (χ1) is 29.7. The number of fused-ring (bicyclic) bond motifs is 3. The van der Waals surface area contributed by atoms with E-state index in [4.69, 9.17) is 20.9 Å². The third-order valence-electron chi connectivity index (χ3n) is 11.7. The molecule has 0 aliphatic carbocycles. The minimum absolute atomic E-state index is 0.0722. The third kappa shape index (κ3) is 11.5. The van der Waals surface area contributed by atoms with Gasteiger partial charge in [0.25, 0.3) is 0 Å². The number of carbonyl (C=O) groups excluding carboxylic acids is 7. The smallest absolute Gasteiger partial charge is 0.458 e. The van der Waals surface area contributed by atoms with Crippen LogP contribution in [0.4, 0.5) is 14.9 Å². The molecule has 4 heterocycles.